The Hall–Kier alpha value is -2.91. The van der Waals surface area contributed by atoms with E-state index in [2.05, 4.69) is 42.6 Å². The van der Waals surface area contributed by atoms with Crippen LogP contribution in [0, 0.1) is 18.3 Å². The second-order valence-electron chi connectivity index (χ2n) is 5.16. The number of aryl methyl sites for hydroxylation is 1. The summed E-state index contributed by atoms with van der Waals surface area (Å²) in [4.78, 5) is 8.71. The molecule has 118 valence electrons. The number of nitrogens with one attached hydrogen (secondary N) is 2. The van der Waals surface area contributed by atoms with Gasteiger partial charge in [0.15, 0.2) is 0 Å². The van der Waals surface area contributed by atoms with E-state index in [4.69, 9.17) is 5.26 Å². The second kappa shape index (κ2) is 7.11. The van der Waals surface area contributed by atoms with Gasteiger partial charge in [-0.1, -0.05) is 15.9 Å². The van der Waals surface area contributed by atoms with Crippen molar-refractivity contribution in [1.82, 2.24) is 9.97 Å². The Morgan fingerprint density at radius 2 is 1.83 bits per heavy atom. The highest BCUT2D eigenvalue weighted by atomic mass is 79.9. The van der Waals surface area contributed by atoms with Crippen LogP contribution in [0.1, 0.15) is 11.1 Å². The Morgan fingerprint density at radius 3 is 2.54 bits per heavy atom. The van der Waals surface area contributed by atoms with E-state index in [1.807, 2.05) is 37.3 Å². The number of hydrogen-bond donors (Lipinski definition) is 2. The molecule has 2 aromatic carbocycles. The van der Waals surface area contributed by atoms with Gasteiger partial charge in [0.1, 0.15) is 5.82 Å². The molecule has 3 aromatic rings. The lowest BCUT2D eigenvalue weighted by Crippen LogP contribution is -2.01. The van der Waals surface area contributed by atoms with E-state index in [1.54, 1.807) is 24.4 Å². The third-order valence-electron chi connectivity index (χ3n) is 3.38. The molecular weight excluding hydrogens is 366 g/mol. The summed E-state index contributed by atoms with van der Waals surface area (Å²) in [5, 5.41) is 15.2. The summed E-state index contributed by atoms with van der Waals surface area (Å²) in [6.45, 7) is 2.02. The van der Waals surface area contributed by atoms with Gasteiger partial charge in [0.25, 0.3) is 0 Å². The van der Waals surface area contributed by atoms with Gasteiger partial charge < -0.3 is 10.6 Å². The molecule has 24 heavy (non-hydrogen) atoms. The van der Waals surface area contributed by atoms with Crippen molar-refractivity contribution >= 4 is 39.1 Å². The van der Waals surface area contributed by atoms with Gasteiger partial charge >= 0.3 is 0 Å². The molecule has 1 heterocycles. The number of rotatable bonds is 4. The number of nitriles is 1. The third-order valence-corrected chi connectivity index (χ3v) is 3.87. The molecule has 2 N–H and O–H groups in total. The van der Waals surface area contributed by atoms with E-state index >= 15 is 0 Å². The fraction of sp³-hybridized carbons (Fsp3) is 0.0556. The van der Waals surface area contributed by atoms with Gasteiger partial charge in [-0.15, -0.1) is 0 Å². The topological polar surface area (TPSA) is 73.6 Å². The largest absolute Gasteiger partial charge is 0.340 e. The van der Waals surface area contributed by atoms with Crippen LogP contribution in [0.4, 0.5) is 23.1 Å². The molecule has 0 saturated heterocycles. The van der Waals surface area contributed by atoms with Gasteiger partial charge in [-0.3, -0.25) is 0 Å². The molecule has 0 atom stereocenters. The van der Waals surface area contributed by atoms with E-state index in [-0.39, 0.29) is 0 Å². The zero-order valence-electron chi connectivity index (χ0n) is 12.9. The molecule has 0 radical (unpaired) electrons. The van der Waals surface area contributed by atoms with Crippen molar-refractivity contribution in [3.05, 3.63) is 70.3 Å². The Kier molecular flexibility index (Phi) is 4.73. The molecular formula is C18H14BrN5. The normalized spacial score (nSPS) is 10.0. The summed E-state index contributed by atoms with van der Waals surface area (Å²) in [6, 6.07) is 17.1. The van der Waals surface area contributed by atoms with Gasteiger partial charge in [-0.05, 0) is 61.0 Å². The molecule has 3 rings (SSSR count). The smallest absolute Gasteiger partial charge is 0.229 e. The van der Waals surface area contributed by atoms with Crippen molar-refractivity contribution in [2.24, 2.45) is 0 Å². The standard InChI is InChI=1S/C18H14BrN5/c1-12-10-14(19)4-7-16(12)23-18-21-9-8-17(24-18)22-15-5-2-13(11-20)3-6-15/h2-10H,1H3,(H2,21,22,23,24). The van der Waals surface area contributed by atoms with Crippen molar-refractivity contribution < 1.29 is 0 Å². The highest BCUT2D eigenvalue weighted by molar-refractivity contribution is 9.10. The van der Waals surface area contributed by atoms with Crippen LogP contribution < -0.4 is 10.6 Å². The van der Waals surface area contributed by atoms with E-state index in [0.29, 0.717) is 17.3 Å². The molecule has 0 amide bonds. The predicted octanol–water partition coefficient (Wildman–Crippen LogP) is 4.91. The van der Waals surface area contributed by atoms with E-state index < -0.39 is 0 Å². The molecule has 5 nitrogen and oxygen atoms in total. The number of anilines is 4. The number of benzene rings is 2. The first-order valence-electron chi connectivity index (χ1n) is 7.27. The quantitative estimate of drug-likeness (QED) is 0.673. The first-order chi connectivity index (χ1) is 11.6. The Labute approximate surface area is 148 Å². The van der Waals surface area contributed by atoms with Crippen LogP contribution in [-0.2, 0) is 0 Å². The zero-order valence-corrected chi connectivity index (χ0v) is 14.5. The monoisotopic (exact) mass is 379 g/mol. The summed E-state index contributed by atoms with van der Waals surface area (Å²) in [5.41, 5.74) is 3.53. The van der Waals surface area contributed by atoms with Gasteiger partial charge in [0.2, 0.25) is 5.95 Å². The molecule has 0 unspecified atom stereocenters. The maximum atomic E-state index is 8.83. The average molecular weight is 380 g/mol. The van der Waals surface area contributed by atoms with Crippen molar-refractivity contribution in [1.29, 1.82) is 5.26 Å². The lowest BCUT2D eigenvalue weighted by molar-refractivity contribution is 1.16. The predicted molar refractivity (Wildman–Crippen MR) is 98.6 cm³/mol. The van der Waals surface area contributed by atoms with E-state index in [0.717, 1.165) is 21.4 Å². The van der Waals surface area contributed by atoms with Crippen molar-refractivity contribution in [2.75, 3.05) is 10.6 Å². The summed E-state index contributed by atoms with van der Waals surface area (Å²) < 4.78 is 1.03. The molecule has 6 heteroatoms. The van der Waals surface area contributed by atoms with Gasteiger partial charge in [0.05, 0.1) is 11.6 Å². The average Bonchev–Trinajstić information content (AvgIpc) is 2.58. The molecule has 0 fully saturated rings. The molecule has 0 saturated carbocycles. The maximum absolute atomic E-state index is 8.83. The molecule has 0 aliphatic carbocycles. The maximum Gasteiger partial charge on any atom is 0.229 e. The fourth-order valence-electron chi connectivity index (χ4n) is 2.15. The van der Waals surface area contributed by atoms with Gasteiger partial charge in [-0.2, -0.15) is 10.2 Å². The van der Waals surface area contributed by atoms with Crippen LogP contribution in [0.25, 0.3) is 0 Å². The number of aromatic nitrogens is 2. The van der Waals surface area contributed by atoms with Crippen LogP contribution in [0.15, 0.2) is 59.2 Å². The summed E-state index contributed by atoms with van der Waals surface area (Å²) in [6.07, 6.45) is 1.69. The molecule has 0 bridgehead atoms. The number of halogens is 1. The van der Waals surface area contributed by atoms with Crippen LogP contribution in [0.2, 0.25) is 0 Å². The Balaban J connectivity index is 1.77. The lowest BCUT2D eigenvalue weighted by Gasteiger charge is -2.10. The minimum Gasteiger partial charge on any atom is -0.340 e. The zero-order chi connectivity index (χ0) is 16.9. The van der Waals surface area contributed by atoms with Crippen LogP contribution in [0.3, 0.4) is 0 Å². The number of hydrogen-bond acceptors (Lipinski definition) is 5. The minimum absolute atomic E-state index is 0.513. The van der Waals surface area contributed by atoms with Gasteiger partial charge in [-0.25, -0.2) is 4.98 Å². The van der Waals surface area contributed by atoms with Gasteiger partial charge in [0, 0.05) is 22.0 Å². The van der Waals surface area contributed by atoms with Crippen LogP contribution in [0.5, 0.6) is 0 Å². The second-order valence-corrected chi connectivity index (χ2v) is 6.08. The third kappa shape index (κ3) is 3.89. The molecule has 1 aromatic heterocycles. The van der Waals surface area contributed by atoms with Crippen molar-refractivity contribution in [2.45, 2.75) is 6.92 Å². The summed E-state index contributed by atoms with van der Waals surface area (Å²) in [5.74, 6) is 1.19. The number of nitrogens with zero attached hydrogens (tertiary/aromatic N) is 3. The highest BCUT2D eigenvalue weighted by Gasteiger charge is 2.04. The fourth-order valence-corrected chi connectivity index (χ4v) is 2.63. The first kappa shape index (κ1) is 16.0. The molecule has 0 spiro atoms. The van der Waals surface area contributed by atoms with Crippen LogP contribution >= 0.6 is 15.9 Å². The first-order valence-corrected chi connectivity index (χ1v) is 8.07. The minimum atomic E-state index is 0.513. The van der Waals surface area contributed by atoms with Crippen LogP contribution in [-0.4, -0.2) is 9.97 Å². The highest BCUT2D eigenvalue weighted by Crippen LogP contribution is 2.23. The molecule has 0 aliphatic rings. The van der Waals surface area contributed by atoms with E-state index in [1.165, 1.54) is 0 Å². The van der Waals surface area contributed by atoms with E-state index in [9.17, 15) is 0 Å². The summed E-state index contributed by atoms with van der Waals surface area (Å²) in [7, 11) is 0. The molecule has 0 aliphatic heterocycles. The summed E-state index contributed by atoms with van der Waals surface area (Å²) >= 11 is 3.45. The lowest BCUT2D eigenvalue weighted by atomic mass is 10.2. The van der Waals surface area contributed by atoms with Crippen molar-refractivity contribution in [3.63, 3.8) is 0 Å². The Morgan fingerprint density at radius 1 is 1.04 bits per heavy atom. The van der Waals surface area contributed by atoms with Crippen molar-refractivity contribution in [3.8, 4) is 6.07 Å². The SMILES string of the molecule is Cc1cc(Br)ccc1Nc1nccc(Nc2ccc(C#N)cc2)n1. The Bertz CT molecular complexity index is 900.